The van der Waals surface area contributed by atoms with Crippen molar-refractivity contribution in [3.8, 4) is 0 Å². The number of ether oxygens (including phenoxy) is 1. The molecule has 0 spiro atoms. The molecule has 2 amide bonds. The highest BCUT2D eigenvalue weighted by molar-refractivity contribution is 5.67. The normalized spacial score (nSPS) is 23.1. The van der Waals surface area contributed by atoms with Crippen LogP contribution in [0.4, 0.5) is 9.59 Å². The minimum absolute atomic E-state index is 0.159. The van der Waals surface area contributed by atoms with Crippen LogP contribution in [0, 0.1) is 5.92 Å². The number of hydrogen-bond acceptors (Lipinski definition) is 4. The fourth-order valence-corrected chi connectivity index (χ4v) is 3.48. The SMILES string of the molecule is CC(C)(C)OC(=O)NCC1CCC[N+](Cc2ccccc2)(NC(=O)[O-])C1. The van der Waals surface area contributed by atoms with E-state index in [2.05, 4.69) is 10.7 Å². The van der Waals surface area contributed by atoms with Crippen LogP contribution < -0.4 is 15.8 Å². The number of rotatable bonds is 5. The van der Waals surface area contributed by atoms with Gasteiger partial charge in [-0.15, -0.1) is 0 Å². The number of nitrogens with one attached hydrogen (secondary N) is 2. The molecule has 2 N–H and O–H groups in total. The number of benzene rings is 1. The zero-order valence-corrected chi connectivity index (χ0v) is 15.8. The summed E-state index contributed by atoms with van der Waals surface area (Å²) >= 11 is 0. The van der Waals surface area contributed by atoms with Gasteiger partial charge in [0.25, 0.3) is 0 Å². The fourth-order valence-electron chi connectivity index (χ4n) is 3.48. The van der Waals surface area contributed by atoms with Crippen LogP contribution in [-0.4, -0.2) is 42.0 Å². The van der Waals surface area contributed by atoms with E-state index in [9.17, 15) is 14.7 Å². The Kier molecular flexibility index (Phi) is 6.47. The van der Waals surface area contributed by atoms with Crippen LogP contribution in [0.25, 0.3) is 0 Å². The van der Waals surface area contributed by atoms with Gasteiger partial charge >= 0.3 is 6.09 Å². The molecule has 7 heteroatoms. The van der Waals surface area contributed by atoms with Crippen LogP contribution in [-0.2, 0) is 11.3 Å². The van der Waals surface area contributed by atoms with Crippen molar-refractivity contribution >= 4 is 12.2 Å². The van der Waals surface area contributed by atoms with Crippen molar-refractivity contribution in [3.63, 3.8) is 0 Å². The molecule has 1 aromatic carbocycles. The van der Waals surface area contributed by atoms with Crippen LogP contribution in [0.2, 0.25) is 0 Å². The van der Waals surface area contributed by atoms with Crippen LogP contribution >= 0.6 is 0 Å². The van der Waals surface area contributed by atoms with Crippen LogP contribution in [0.3, 0.4) is 0 Å². The van der Waals surface area contributed by atoms with E-state index in [0.717, 1.165) is 18.4 Å². The lowest BCUT2D eigenvalue weighted by Crippen LogP contribution is -2.66. The first-order valence-corrected chi connectivity index (χ1v) is 9.04. The van der Waals surface area contributed by atoms with Gasteiger partial charge in [-0.1, -0.05) is 30.3 Å². The Bertz CT molecular complexity index is 615. The Labute approximate surface area is 154 Å². The van der Waals surface area contributed by atoms with E-state index in [1.807, 2.05) is 51.1 Å². The van der Waals surface area contributed by atoms with Gasteiger partial charge < -0.3 is 20.0 Å². The first-order valence-electron chi connectivity index (χ1n) is 9.04. The molecule has 7 nitrogen and oxygen atoms in total. The van der Waals surface area contributed by atoms with E-state index in [1.54, 1.807) is 0 Å². The van der Waals surface area contributed by atoms with Gasteiger partial charge in [0.2, 0.25) is 0 Å². The quantitative estimate of drug-likeness (QED) is 0.781. The highest BCUT2D eigenvalue weighted by Crippen LogP contribution is 2.24. The van der Waals surface area contributed by atoms with Gasteiger partial charge in [-0.3, -0.25) is 0 Å². The second kappa shape index (κ2) is 8.40. The van der Waals surface area contributed by atoms with Gasteiger partial charge in [0.15, 0.2) is 6.09 Å². The predicted octanol–water partition coefficient (Wildman–Crippen LogP) is 1.79. The summed E-state index contributed by atoms with van der Waals surface area (Å²) in [7, 11) is 0. The predicted molar refractivity (Wildman–Crippen MR) is 95.6 cm³/mol. The Morgan fingerprint density at radius 3 is 2.58 bits per heavy atom. The minimum Gasteiger partial charge on any atom is -0.526 e. The average Bonchev–Trinajstić information content (AvgIpc) is 2.51. The molecule has 0 saturated carbocycles. The van der Waals surface area contributed by atoms with Crippen molar-refractivity contribution in [3.05, 3.63) is 35.9 Å². The minimum atomic E-state index is -1.28. The average molecular weight is 363 g/mol. The maximum absolute atomic E-state index is 11.9. The van der Waals surface area contributed by atoms with E-state index in [-0.39, 0.29) is 10.5 Å². The molecule has 144 valence electrons. The summed E-state index contributed by atoms with van der Waals surface area (Å²) in [4.78, 5) is 23.1. The number of carbonyl (C=O) groups is 2. The van der Waals surface area contributed by atoms with Crippen LogP contribution in [0.1, 0.15) is 39.2 Å². The second-order valence-corrected chi connectivity index (χ2v) is 7.99. The largest absolute Gasteiger partial charge is 0.526 e. The van der Waals surface area contributed by atoms with E-state index < -0.39 is 17.8 Å². The summed E-state index contributed by atoms with van der Waals surface area (Å²) in [5.74, 6) is 0.159. The third-order valence-corrected chi connectivity index (χ3v) is 4.40. The van der Waals surface area contributed by atoms with E-state index in [4.69, 9.17) is 4.74 Å². The Morgan fingerprint density at radius 2 is 1.96 bits per heavy atom. The van der Waals surface area contributed by atoms with Gasteiger partial charge in [0.05, 0.1) is 0 Å². The summed E-state index contributed by atoms with van der Waals surface area (Å²) in [6.45, 7) is 7.76. The first-order chi connectivity index (χ1) is 12.2. The molecule has 2 atom stereocenters. The zero-order valence-electron chi connectivity index (χ0n) is 15.8. The molecule has 1 aromatic rings. The molecule has 2 unspecified atom stereocenters. The smallest absolute Gasteiger partial charge is 0.407 e. The van der Waals surface area contributed by atoms with Crippen LogP contribution in [0.5, 0.6) is 0 Å². The van der Waals surface area contributed by atoms with Crippen LogP contribution in [0.15, 0.2) is 30.3 Å². The Hall–Kier alpha value is -2.28. The zero-order chi connectivity index (χ0) is 19.2. The molecule has 1 saturated heterocycles. The molecule has 0 aliphatic carbocycles. The lowest BCUT2D eigenvalue weighted by Gasteiger charge is -2.44. The van der Waals surface area contributed by atoms with Gasteiger partial charge in [0.1, 0.15) is 25.2 Å². The van der Waals surface area contributed by atoms with E-state index in [1.165, 1.54) is 0 Å². The summed E-state index contributed by atoms with van der Waals surface area (Å²) < 4.78 is 5.48. The molecule has 2 rings (SSSR count). The number of quaternary nitrogens is 1. The van der Waals surface area contributed by atoms with Crippen molar-refractivity contribution < 1.29 is 24.0 Å². The Morgan fingerprint density at radius 1 is 1.27 bits per heavy atom. The summed E-state index contributed by atoms with van der Waals surface area (Å²) in [5, 5.41) is 14.1. The highest BCUT2D eigenvalue weighted by Gasteiger charge is 2.36. The van der Waals surface area contributed by atoms with Gasteiger partial charge in [0, 0.05) is 18.0 Å². The van der Waals surface area contributed by atoms with E-state index >= 15 is 0 Å². The lowest BCUT2D eigenvalue weighted by atomic mass is 9.96. The molecule has 0 bridgehead atoms. The van der Waals surface area contributed by atoms with E-state index in [0.29, 0.717) is 26.2 Å². The maximum atomic E-state index is 11.9. The molecule has 1 fully saturated rings. The maximum Gasteiger partial charge on any atom is 0.407 e. The number of amides is 2. The Balaban J connectivity index is 2.00. The third kappa shape index (κ3) is 6.55. The topological polar surface area (TPSA) is 90.5 Å². The summed E-state index contributed by atoms with van der Waals surface area (Å²) in [5.41, 5.74) is 3.11. The highest BCUT2D eigenvalue weighted by atomic mass is 16.6. The van der Waals surface area contributed by atoms with Gasteiger partial charge in [-0.2, -0.15) is 0 Å². The van der Waals surface area contributed by atoms with Crippen molar-refractivity contribution in [1.82, 2.24) is 10.7 Å². The van der Waals surface area contributed by atoms with Crippen molar-refractivity contribution in [2.75, 3.05) is 19.6 Å². The molecular formula is C19H29N3O4. The number of nitrogens with zero attached hydrogens (tertiary/aromatic N) is 1. The first kappa shape index (κ1) is 20.0. The molecule has 1 aliphatic rings. The molecule has 0 radical (unpaired) electrons. The lowest BCUT2D eigenvalue weighted by molar-refractivity contribution is -0.982. The summed E-state index contributed by atoms with van der Waals surface area (Å²) in [6.07, 6.45) is 0.0753. The number of carboxylic acid groups (broad SMARTS) is 1. The van der Waals surface area contributed by atoms with Gasteiger partial charge in [-0.05, 0) is 33.6 Å². The molecular weight excluding hydrogens is 334 g/mol. The molecule has 0 aromatic heterocycles. The number of alkyl carbamates (subject to hydrolysis) is 1. The number of hydrogen-bond donors (Lipinski definition) is 2. The monoisotopic (exact) mass is 363 g/mol. The van der Waals surface area contributed by atoms with Crippen molar-refractivity contribution in [2.24, 2.45) is 5.92 Å². The second-order valence-electron chi connectivity index (χ2n) is 7.99. The number of carbonyl (C=O) groups excluding carboxylic acids is 2. The summed E-state index contributed by atoms with van der Waals surface area (Å²) in [6, 6.07) is 9.79. The third-order valence-electron chi connectivity index (χ3n) is 4.40. The number of piperidine rings is 1. The standard InChI is InChI=1S/C19H29N3O4/c1-19(2,3)26-18(25)20-12-16-10-7-11-22(14-16,21-17(23)24)13-15-8-5-4-6-9-15/h4-6,8-9,16,21H,7,10-14H2,1-3H3,(H-,20,23,24,25). The van der Waals surface area contributed by atoms with Crippen molar-refractivity contribution in [1.29, 1.82) is 0 Å². The number of likely N-dealkylation sites (tertiary alicyclic amines) is 1. The molecule has 26 heavy (non-hydrogen) atoms. The van der Waals surface area contributed by atoms with Crippen molar-refractivity contribution in [2.45, 2.75) is 45.8 Å². The van der Waals surface area contributed by atoms with Gasteiger partial charge in [-0.25, -0.2) is 14.8 Å². The molecule has 1 aliphatic heterocycles. The fraction of sp³-hybridized carbons (Fsp3) is 0.579. The molecule has 1 heterocycles.